The van der Waals surface area contributed by atoms with Gasteiger partial charge < -0.3 is 54.3 Å². The van der Waals surface area contributed by atoms with Crippen molar-refractivity contribution in [2.45, 2.75) is 180 Å². The van der Waals surface area contributed by atoms with Crippen molar-refractivity contribution in [2.75, 3.05) is 73.1 Å². The Morgan fingerprint density at radius 1 is 0.733 bits per heavy atom. The van der Waals surface area contributed by atoms with E-state index in [2.05, 4.69) is 10.6 Å². The molecule has 2 aromatic rings. The van der Waals surface area contributed by atoms with Crippen molar-refractivity contribution in [3.63, 3.8) is 0 Å². The molecule has 0 aromatic heterocycles. The van der Waals surface area contributed by atoms with Gasteiger partial charge in [0.2, 0.25) is 35.4 Å². The van der Waals surface area contributed by atoms with E-state index < -0.39 is 84.2 Å². The van der Waals surface area contributed by atoms with Gasteiger partial charge >= 0.3 is 6.09 Å². The Labute approximate surface area is 539 Å². The molecule has 3 N–H and O–H groups in total. The number of aliphatic hydroxyl groups excluding tert-OH is 1. The SMILES string of the molecule is CC[C@H](C)[C@@H]([C@@H](CC(=O)N1CCC[C@H]1[C@H](OC)[C@@H](C)C(=O)N[C@H](C)[C@@H](O)c1ccccc1)OC)N(C)C(=O)[C@@H](NC(=O)[C@H](C(C)C)N(C)C(=O)OCc1ccc(CC(=O)N2CCN(C(=O)CCCCCN3C(=O)C=CC3=O)[C@@H]3CSSCC32)cc1OC)C(C)C. The van der Waals surface area contributed by atoms with Crippen molar-refractivity contribution in [3.8, 4) is 5.75 Å². The Hall–Kier alpha value is -6.21. The number of amides is 9. The minimum atomic E-state index is -1.05. The Morgan fingerprint density at radius 2 is 1.38 bits per heavy atom. The van der Waals surface area contributed by atoms with Crippen molar-refractivity contribution in [1.29, 1.82) is 0 Å². The lowest BCUT2D eigenvalue weighted by Gasteiger charge is -2.49. The van der Waals surface area contributed by atoms with Crippen LogP contribution in [0.5, 0.6) is 5.75 Å². The fourth-order valence-corrected chi connectivity index (χ4v) is 15.7. The van der Waals surface area contributed by atoms with Crippen LogP contribution in [0.25, 0.3) is 0 Å². The second-order valence-electron chi connectivity index (χ2n) is 25.0. The molecular formula is C66H98N8O14S2. The number of likely N-dealkylation sites (tertiary alicyclic amines) is 1. The summed E-state index contributed by atoms with van der Waals surface area (Å²) in [5, 5.41) is 16.9. The van der Waals surface area contributed by atoms with Crippen LogP contribution in [-0.2, 0) is 65.6 Å². The molecule has 4 heterocycles. The lowest BCUT2D eigenvalue weighted by molar-refractivity contribution is -0.148. The Balaban J connectivity index is 1.03. The van der Waals surface area contributed by atoms with Gasteiger partial charge in [-0.15, -0.1) is 0 Å². The quantitative estimate of drug-likeness (QED) is 0.0418. The van der Waals surface area contributed by atoms with E-state index in [0.29, 0.717) is 105 Å². The van der Waals surface area contributed by atoms with E-state index in [0.717, 1.165) is 0 Å². The van der Waals surface area contributed by atoms with E-state index in [1.807, 2.05) is 55.7 Å². The van der Waals surface area contributed by atoms with Gasteiger partial charge in [-0.1, -0.05) is 125 Å². The second-order valence-corrected chi connectivity index (χ2v) is 27.6. The van der Waals surface area contributed by atoms with Crippen molar-refractivity contribution in [2.24, 2.45) is 23.7 Å². The lowest BCUT2D eigenvalue weighted by atomic mass is 9.89. The molecule has 22 nitrogen and oxygen atoms in total. The van der Waals surface area contributed by atoms with Crippen molar-refractivity contribution in [1.82, 2.24) is 40.0 Å². The number of nitrogens with zero attached hydrogens (tertiary/aromatic N) is 6. The zero-order valence-corrected chi connectivity index (χ0v) is 56.6. The van der Waals surface area contributed by atoms with E-state index in [-0.39, 0.29) is 72.9 Å². The van der Waals surface area contributed by atoms with Gasteiger partial charge in [0.15, 0.2) is 0 Å². The van der Waals surface area contributed by atoms with E-state index >= 15 is 0 Å². The number of aliphatic hydroxyl groups is 1. The lowest BCUT2D eigenvalue weighted by Crippen LogP contribution is -2.65. The first kappa shape index (κ1) is 72.8. The normalized spacial score (nSPS) is 20.6. The molecule has 1 unspecified atom stereocenters. The first-order chi connectivity index (χ1) is 42.9. The van der Waals surface area contributed by atoms with Crippen LogP contribution in [0, 0.1) is 23.7 Å². The molecule has 9 amide bonds. The van der Waals surface area contributed by atoms with E-state index in [9.17, 15) is 48.3 Å². The fraction of sp³-hybridized carbons (Fsp3) is 0.652. The molecule has 0 bridgehead atoms. The molecular weight excluding hydrogens is 1190 g/mol. The monoisotopic (exact) mass is 1290 g/mol. The minimum Gasteiger partial charge on any atom is -0.496 e. The van der Waals surface area contributed by atoms with Crippen LogP contribution in [-0.4, -0.2) is 215 Å². The Kier molecular flexibility index (Phi) is 27.9. The maximum Gasteiger partial charge on any atom is 0.410 e. The molecule has 0 aliphatic carbocycles. The highest BCUT2D eigenvalue weighted by Gasteiger charge is 2.45. The smallest absolute Gasteiger partial charge is 0.410 e. The van der Waals surface area contributed by atoms with Crippen LogP contribution in [0.4, 0.5) is 4.79 Å². The summed E-state index contributed by atoms with van der Waals surface area (Å²) in [5.74, 6) is -2.00. The Morgan fingerprint density at radius 3 is 1.97 bits per heavy atom. The molecule has 0 spiro atoms. The average molecular weight is 1290 g/mol. The highest BCUT2D eigenvalue weighted by Crippen LogP contribution is 2.37. The molecule has 4 aliphatic rings. The number of ether oxygens (including phenoxy) is 4. The van der Waals surface area contributed by atoms with Crippen LogP contribution in [0.2, 0.25) is 0 Å². The molecule has 2 aromatic carbocycles. The largest absolute Gasteiger partial charge is 0.496 e. The number of nitrogens with one attached hydrogen (secondary N) is 2. The second kappa shape index (κ2) is 34.5. The Bertz CT molecular complexity index is 2810. The maximum absolute atomic E-state index is 14.8. The van der Waals surface area contributed by atoms with Crippen LogP contribution in [0.1, 0.15) is 130 Å². The number of carbonyl (C=O) groups is 9. The van der Waals surface area contributed by atoms with Gasteiger partial charge in [-0.25, -0.2) is 4.79 Å². The predicted octanol–water partition coefficient (Wildman–Crippen LogP) is 6.42. The van der Waals surface area contributed by atoms with Gasteiger partial charge in [0.1, 0.15) is 24.4 Å². The summed E-state index contributed by atoms with van der Waals surface area (Å²) < 4.78 is 23.6. The van der Waals surface area contributed by atoms with E-state index in [1.54, 1.807) is 96.5 Å². The van der Waals surface area contributed by atoms with Gasteiger partial charge in [-0.3, -0.25) is 48.2 Å². The van der Waals surface area contributed by atoms with Crippen molar-refractivity contribution < 1.29 is 67.2 Å². The third-order valence-corrected chi connectivity index (χ3v) is 20.8. The van der Waals surface area contributed by atoms with Crippen LogP contribution in [0.3, 0.4) is 0 Å². The number of imide groups is 1. The number of carbonyl (C=O) groups excluding carboxylic acids is 9. The molecule has 12 atom stereocenters. The van der Waals surface area contributed by atoms with Crippen LogP contribution >= 0.6 is 21.6 Å². The molecule has 0 radical (unpaired) electrons. The molecule has 4 aliphatic heterocycles. The molecule has 498 valence electrons. The topological polar surface area (TPSA) is 254 Å². The molecule has 0 saturated carbocycles. The highest BCUT2D eigenvalue weighted by atomic mass is 33.1. The highest BCUT2D eigenvalue weighted by molar-refractivity contribution is 8.76. The number of hydrogen-bond acceptors (Lipinski definition) is 16. The number of hydrogen-bond donors (Lipinski definition) is 3. The first-order valence-electron chi connectivity index (χ1n) is 31.8. The number of piperazine rings is 1. The summed E-state index contributed by atoms with van der Waals surface area (Å²) >= 11 is 0. The third kappa shape index (κ3) is 18.3. The van der Waals surface area contributed by atoms with Crippen LogP contribution < -0.4 is 15.4 Å². The summed E-state index contributed by atoms with van der Waals surface area (Å²) in [4.78, 5) is 132. The number of rotatable bonds is 31. The van der Waals surface area contributed by atoms with Gasteiger partial charge in [0.25, 0.3) is 11.8 Å². The van der Waals surface area contributed by atoms with Crippen LogP contribution in [0.15, 0.2) is 60.7 Å². The third-order valence-electron chi connectivity index (χ3n) is 18.3. The first-order valence-corrected chi connectivity index (χ1v) is 34.3. The predicted molar refractivity (Wildman–Crippen MR) is 345 cm³/mol. The molecule has 3 saturated heterocycles. The van der Waals surface area contributed by atoms with Gasteiger partial charge in [0, 0.05) is 90.1 Å². The standard InChI is InChI=1S/C66H98N8O14S2/c1-14-42(6)60(52(86-12)36-57(79)71-31-21-24-48(71)62(87-13)43(7)63(81)67-44(8)61(80)46-22-17-15-18-23-46)69(9)65(83)58(40(2)3)68-64(82)59(41(4)5)70(10)66(84)88-37-47-27-26-45(34-51(47)85-11)35-56(78)73-33-32-72(49-38-89-90-39-50(49)73)53(75)25-19-16-20-30-74-54(76)28-29-55(74)77/h15,17-18,22-23,26-29,34,40-44,48-50,52,58-62,80H,14,16,19-21,24-25,30-33,35-39H2,1-13H3,(H,67,81)(H,68,82)/t42-,43+,44+,48-,49+,50?,52+,58-,59-,60-,61+,62+/m0/s1. The van der Waals surface area contributed by atoms with Gasteiger partial charge in [0.05, 0.1) is 74.4 Å². The number of unbranched alkanes of at least 4 members (excludes halogenated alkanes) is 2. The number of likely N-dealkylation sites (N-methyl/N-ethyl adjacent to an activating group) is 2. The fourth-order valence-electron chi connectivity index (χ4n) is 13.0. The summed E-state index contributed by atoms with van der Waals surface area (Å²) in [5.41, 5.74) is 1.90. The maximum atomic E-state index is 14.8. The summed E-state index contributed by atoms with van der Waals surface area (Å²) in [6.07, 6.45) is 3.66. The zero-order valence-electron chi connectivity index (χ0n) is 54.9. The number of fused-ring (bicyclic) bond motifs is 1. The number of methoxy groups -OCH3 is 3. The number of benzene rings is 2. The molecule has 6 rings (SSSR count). The van der Waals surface area contributed by atoms with Gasteiger partial charge in [-0.05, 0) is 67.6 Å². The zero-order chi connectivity index (χ0) is 66.1. The minimum absolute atomic E-state index is 0.0390. The van der Waals surface area contributed by atoms with Crippen molar-refractivity contribution in [3.05, 3.63) is 77.4 Å². The van der Waals surface area contributed by atoms with Gasteiger partial charge in [-0.2, -0.15) is 0 Å². The summed E-state index contributed by atoms with van der Waals surface area (Å²) in [6, 6.07) is 10.4. The van der Waals surface area contributed by atoms with E-state index in [1.165, 1.54) is 50.3 Å². The molecule has 24 heteroatoms. The van der Waals surface area contributed by atoms with E-state index in [4.69, 9.17) is 18.9 Å². The molecule has 3 fully saturated rings. The molecule has 90 heavy (non-hydrogen) atoms. The average Bonchev–Trinajstić information content (AvgIpc) is 1.26. The summed E-state index contributed by atoms with van der Waals surface area (Å²) in [7, 11) is 11.0. The summed E-state index contributed by atoms with van der Waals surface area (Å²) in [6.45, 7) is 16.1. The van der Waals surface area contributed by atoms with Crippen molar-refractivity contribution >= 4 is 74.9 Å².